The summed E-state index contributed by atoms with van der Waals surface area (Å²) in [7, 11) is 1.43. The highest BCUT2D eigenvalue weighted by Crippen LogP contribution is 2.33. The molecule has 5 nitrogen and oxygen atoms in total. The number of nitriles is 1. The first kappa shape index (κ1) is 16.1. The molecule has 20 heavy (non-hydrogen) atoms. The van der Waals surface area contributed by atoms with Crippen molar-refractivity contribution in [1.82, 2.24) is 5.32 Å². The van der Waals surface area contributed by atoms with Gasteiger partial charge >= 0.3 is 0 Å². The molecule has 0 fully saturated rings. The molecule has 0 saturated carbocycles. The second kappa shape index (κ2) is 7.56. The van der Waals surface area contributed by atoms with Gasteiger partial charge in [-0.3, -0.25) is 4.79 Å². The van der Waals surface area contributed by atoms with Crippen molar-refractivity contribution in [3.63, 3.8) is 0 Å². The molecular weight excluding hydrogens is 324 g/mol. The molecule has 0 aliphatic carbocycles. The van der Waals surface area contributed by atoms with Gasteiger partial charge in [-0.05, 0) is 30.2 Å². The highest BCUT2D eigenvalue weighted by molar-refractivity contribution is 9.10. The van der Waals surface area contributed by atoms with Crippen LogP contribution in [0.1, 0.15) is 18.9 Å². The van der Waals surface area contributed by atoms with Crippen LogP contribution in [0, 0.1) is 11.3 Å². The predicted molar refractivity (Wildman–Crippen MR) is 79.2 cm³/mol. The molecule has 1 aromatic rings. The highest BCUT2D eigenvalue weighted by atomic mass is 79.9. The van der Waals surface area contributed by atoms with Crippen molar-refractivity contribution in [3.8, 4) is 17.6 Å². The zero-order valence-corrected chi connectivity index (χ0v) is 12.8. The number of ether oxygens (including phenoxy) is 1. The van der Waals surface area contributed by atoms with Gasteiger partial charge < -0.3 is 15.2 Å². The van der Waals surface area contributed by atoms with Crippen molar-refractivity contribution in [2.45, 2.75) is 13.3 Å². The molecule has 0 saturated heterocycles. The summed E-state index contributed by atoms with van der Waals surface area (Å²) in [6.45, 7) is 2.44. The Morgan fingerprint density at radius 2 is 2.30 bits per heavy atom. The molecule has 0 atom stereocenters. The van der Waals surface area contributed by atoms with Crippen molar-refractivity contribution < 1.29 is 14.6 Å². The van der Waals surface area contributed by atoms with Crippen LogP contribution < -0.4 is 10.1 Å². The Labute approximate surface area is 126 Å². The van der Waals surface area contributed by atoms with E-state index < -0.39 is 5.91 Å². The van der Waals surface area contributed by atoms with Crippen molar-refractivity contribution in [1.29, 1.82) is 5.26 Å². The Morgan fingerprint density at radius 3 is 2.85 bits per heavy atom. The van der Waals surface area contributed by atoms with Crippen LogP contribution in [0.4, 0.5) is 0 Å². The monoisotopic (exact) mass is 338 g/mol. The van der Waals surface area contributed by atoms with E-state index in [-0.39, 0.29) is 17.1 Å². The summed E-state index contributed by atoms with van der Waals surface area (Å²) in [6.07, 6.45) is 2.23. The van der Waals surface area contributed by atoms with Gasteiger partial charge in [0.05, 0.1) is 7.11 Å². The van der Waals surface area contributed by atoms with Gasteiger partial charge in [-0.25, -0.2) is 0 Å². The summed E-state index contributed by atoms with van der Waals surface area (Å²) in [6, 6.07) is 4.86. The number of carbonyl (C=O) groups excluding carboxylic acids is 1. The third-order valence-electron chi connectivity index (χ3n) is 2.50. The van der Waals surface area contributed by atoms with Crippen LogP contribution in [0.15, 0.2) is 22.2 Å². The van der Waals surface area contributed by atoms with Crippen LogP contribution >= 0.6 is 15.9 Å². The number of rotatable bonds is 5. The topological polar surface area (TPSA) is 82.4 Å². The number of halogens is 1. The molecule has 2 N–H and O–H groups in total. The standard InChI is InChI=1S/C14H15BrN2O3/c1-3-4-17-14(19)10(8-16)5-9-6-13(20-2)12(18)7-11(9)15/h5-7,18H,3-4H2,1-2H3,(H,17,19)/b10-5+. The minimum atomic E-state index is -0.423. The maximum atomic E-state index is 11.8. The van der Waals surface area contributed by atoms with E-state index in [4.69, 9.17) is 10.00 Å². The quantitative estimate of drug-likeness (QED) is 0.638. The first-order valence-electron chi connectivity index (χ1n) is 6.00. The molecule has 1 aromatic carbocycles. The van der Waals surface area contributed by atoms with E-state index in [2.05, 4.69) is 21.2 Å². The molecule has 0 aromatic heterocycles. The molecule has 0 radical (unpaired) electrons. The molecule has 1 amide bonds. The third-order valence-corrected chi connectivity index (χ3v) is 3.19. The highest BCUT2D eigenvalue weighted by Gasteiger charge is 2.11. The summed E-state index contributed by atoms with van der Waals surface area (Å²) >= 11 is 3.27. The molecule has 1 rings (SSSR count). The van der Waals surface area contributed by atoms with Crippen LogP contribution in [-0.4, -0.2) is 24.7 Å². The van der Waals surface area contributed by atoms with Crippen molar-refractivity contribution in [2.24, 2.45) is 0 Å². The average Bonchev–Trinajstić information content (AvgIpc) is 2.44. The molecule has 0 unspecified atom stereocenters. The Balaban J connectivity index is 3.13. The first-order valence-corrected chi connectivity index (χ1v) is 6.79. The van der Waals surface area contributed by atoms with Gasteiger partial charge in [0.15, 0.2) is 11.5 Å². The summed E-state index contributed by atoms with van der Waals surface area (Å²) in [5.74, 6) is -0.176. The van der Waals surface area contributed by atoms with E-state index in [1.54, 1.807) is 6.07 Å². The summed E-state index contributed by atoms with van der Waals surface area (Å²) in [4.78, 5) is 11.8. The number of nitrogens with zero attached hydrogens (tertiary/aromatic N) is 1. The number of amides is 1. The molecule has 106 valence electrons. The van der Waals surface area contributed by atoms with Crippen LogP contribution in [0.25, 0.3) is 6.08 Å². The Morgan fingerprint density at radius 1 is 1.60 bits per heavy atom. The van der Waals surface area contributed by atoms with Gasteiger partial charge in [0.1, 0.15) is 11.6 Å². The lowest BCUT2D eigenvalue weighted by Crippen LogP contribution is -2.25. The lowest BCUT2D eigenvalue weighted by atomic mass is 10.1. The fourth-order valence-corrected chi connectivity index (χ4v) is 1.92. The maximum Gasteiger partial charge on any atom is 0.261 e. The van der Waals surface area contributed by atoms with Gasteiger partial charge in [0.2, 0.25) is 0 Å². The van der Waals surface area contributed by atoms with Gasteiger partial charge in [-0.1, -0.05) is 22.9 Å². The second-order valence-electron chi connectivity index (χ2n) is 3.97. The number of phenols is 1. The second-order valence-corrected chi connectivity index (χ2v) is 4.83. The predicted octanol–water partition coefficient (Wildman–Crippen LogP) is 2.60. The zero-order valence-electron chi connectivity index (χ0n) is 11.2. The Kier molecular flexibility index (Phi) is 6.07. The summed E-state index contributed by atoms with van der Waals surface area (Å²) in [5, 5.41) is 21.3. The fourth-order valence-electron chi connectivity index (χ4n) is 1.47. The third kappa shape index (κ3) is 4.00. The van der Waals surface area contributed by atoms with E-state index in [9.17, 15) is 9.90 Å². The fraction of sp³-hybridized carbons (Fsp3) is 0.286. The van der Waals surface area contributed by atoms with E-state index in [0.717, 1.165) is 6.42 Å². The van der Waals surface area contributed by atoms with Crippen LogP contribution in [0.2, 0.25) is 0 Å². The van der Waals surface area contributed by atoms with Crippen LogP contribution in [0.5, 0.6) is 11.5 Å². The minimum Gasteiger partial charge on any atom is -0.504 e. The van der Waals surface area contributed by atoms with Gasteiger partial charge in [0.25, 0.3) is 5.91 Å². The molecule has 6 heteroatoms. The number of nitrogens with one attached hydrogen (secondary N) is 1. The molecule has 0 aliphatic rings. The molecule has 0 aliphatic heterocycles. The smallest absolute Gasteiger partial charge is 0.261 e. The Bertz CT molecular complexity index is 577. The van der Waals surface area contributed by atoms with Crippen molar-refractivity contribution in [2.75, 3.05) is 13.7 Å². The number of phenolic OH excluding ortho intramolecular Hbond substituents is 1. The minimum absolute atomic E-state index is 0.00751. The number of benzene rings is 1. The van der Waals surface area contributed by atoms with E-state index >= 15 is 0 Å². The van der Waals surface area contributed by atoms with E-state index in [1.807, 2.05) is 13.0 Å². The molecule has 0 heterocycles. The average molecular weight is 339 g/mol. The molecule has 0 bridgehead atoms. The Hall–Kier alpha value is -2.00. The lowest BCUT2D eigenvalue weighted by Gasteiger charge is -2.07. The number of aromatic hydroxyl groups is 1. The maximum absolute atomic E-state index is 11.8. The van der Waals surface area contributed by atoms with E-state index in [1.165, 1.54) is 19.3 Å². The number of carbonyl (C=O) groups is 1. The number of methoxy groups -OCH3 is 1. The molecule has 0 spiro atoms. The zero-order chi connectivity index (χ0) is 15.1. The first-order chi connectivity index (χ1) is 9.53. The van der Waals surface area contributed by atoms with E-state index in [0.29, 0.717) is 16.6 Å². The largest absolute Gasteiger partial charge is 0.504 e. The van der Waals surface area contributed by atoms with Gasteiger partial charge in [-0.15, -0.1) is 0 Å². The number of hydrogen-bond donors (Lipinski definition) is 2. The van der Waals surface area contributed by atoms with Crippen molar-refractivity contribution >= 4 is 27.9 Å². The normalized spacial score (nSPS) is 10.8. The number of hydrogen-bond acceptors (Lipinski definition) is 4. The van der Waals surface area contributed by atoms with Crippen LogP contribution in [0.3, 0.4) is 0 Å². The lowest BCUT2D eigenvalue weighted by molar-refractivity contribution is -0.117. The summed E-state index contributed by atoms with van der Waals surface area (Å²) < 4.78 is 5.56. The van der Waals surface area contributed by atoms with Gasteiger partial charge in [0, 0.05) is 11.0 Å². The van der Waals surface area contributed by atoms with Crippen molar-refractivity contribution in [3.05, 3.63) is 27.7 Å². The SMILES string of the molecule is CCCNC(=O)/C(C#N)=C/c1cc(OC)c(O)cc1Br. The van der Waals surface area contributed by atoms with Crippen LogP contribution in [-0.2, 0) is 4.79 Å². The molecular formula is C14H15BrN2O3. The summed E-state index contributed by atoms with van der Waals surface area (Å²) in [5.41, 5.74) is 0.565. The van der Waals surface area contributed by atoms with Gasteiger partial charge in [-0.2, -0.15) is 5.26 Å².